The maximum atomic E-state index is 5.27. The zero-order valence-electron chi connectivity index (χ0n) is 10.8. The van der Waals surface area contributed by atoms with Crippen LogP contribution in [0.1, 0.15) is 29.3 Å². The van der Waals surface area contributed by atoms with Gasteiger partial charge in [0.2, 0.25) is 0 Å². The quantitative estimate of drug-likeness (QED) is 0.849. The molecule has 0 fully saturated rings. The lowest BCUT2D eigenvalue weighted by molar-refractivity contribution is 0.415. The molecule has 0 saturated heterocycles. The van der Waals surface area contributed by atoms with Crippen molar-refractivity contribution in [2.45, 2.75) is 25.3 Å². The number of halogens is 1. The molecule has 1 aliphatic carbocycles. The highest BCUT2D eigenvalue weighted by atomic mass is 79.9. The Morgan fingerprint density at radius 3 is 3.11 bits per heavy atom. The summed E-state index contributed by atoms with van der Waals surface area (Å²) in [4.78, 5) is 1.51. The Kier molecular flexibility index (Phi) is 3.80. The molecule has 1 aliphatic rings. The van der Waals surface area contributed by atoms with Gasteiger partial charge in [0.25, 0.3) is 0 Å². The molecule has 1 unspecified atom stereocenters. The van der Waals surface area contributed by atoms with Gasteiger partial charge in [0, 0.05) is 16.6 Å². The van der Waals surface area contributed by atoms with E-state index in [1.807, 2.05) is 23.5 Å². The Morgan fingerprint density at radius 1 is 1.37 bits per heavy atom. The van der Waals surface area contributed by atoms with Crippen molar-refractivity contribution in [2.75, 3.05) is 12.4 Å². The number of hydrogen-bond donors (Lipinski definition) is 1. The summed E-state index contributed by atoms with van der Waals surface area (Å²) in [5.41, 5.74) is 2.57. The van der Waals surface area contributed by atoms with E-state index in [-0.39, 0.29) is 0 Å². The summed E-state index contributed by atoms with van der Waals surface area (Å²) in [6, 6.07) is 10.8. The molecule has 0 saturated carbocycles. The van der Waals surface area contributed by atoms with Gasteiger partial charge in [0.05, 0.1) is 16.9 Å². The van der Waals surface area contributed by atoms with E-state index in [4.69, 9.17) is 4.74 Å². The molecule has 2 aromatic rings. The van der Waals surface area contributed by atoms with E-state index in [1.54, 1.807) is 7.11 Å². The summed E-state index contributed by atoms with van der Waals surface area (Å²) >= 11 is 5.46. The van der Waals surface area contributed by atoms with Crippen LogP contribution in [0.25, 0.3) is 0 Å². The number of aryl methyl sites for hydroxylation is 1. The van der Waals surface area contributed by atoms with E-state index in [2.05, 4.69) is 39.4 Å². The molecule has 19 heavy (non-hydrogen) atoms. The van der Waals surface area contributed by atoms with Crippen molar-refractivity contribution in [3.8, 4) is 5.75 Å². The number of benzene rings is 1. The van der Waals surface area contributed by atoms with Gasteiger partial charge in [0.1, 0.15) is 5.75 Å². The van der Waals surface area contributed by atoms with E-state index >= 15 is 0 Å². The molecule has 100 valence electrons. The van der Waals surface area contributed by atoms with Crippen molar-refractivity contribution in [1.29, 1.82) is 0 Å². The first kappa shape index (κ1) is 13.0. The fourth-order valence-corrected chi connectivity index (χ4v) is 4.40. The van der Waals surface area contributed by atoms with Crippen molar-refractivity contribution in [3.05, 3.63) is 44.6 Å². The first-order valence-corrected chi connectivity index (χ1v) is 8.06. The standard InChI is InChI=1S/C15H16BrNOS/c1-18-11-5-2-4-10(8-11)17-13-6-3-7-14-12(13)9-15(16)19-14/h2,4-5,8-9,13,17H,3,6-7H2,1H3. The largest absolute Gasteiger partial charge is 0.497 e. The number of rotatable bonds is 3. The molecular formula is C15H16BrNOS. The Hall–Kier alpha value is -1.00. The summed E-state index contributed by atoms with van der Waals surface area (Å²) in [6.07, 6.45) is 3.65. The molecule has 0 aliphatic heterocycles. The van der Waals surface area contributed by atoms with Crippen LogP contribution in [0.2, 0.25) is 0 Å². The number of methoxy groups -OCH3 is 1. The van der Waals surface area contributed by atoms with Crippen molar-refractivity contribution in [3.63, 3.8) is 0 Å². The molecule has 0 radical (unpaired) electrons. The fourth-order valence-electron chi connectivity index (χ4n) is 2.59. The summed E-state index contributed by atoms with van der Waals surface area (Å²) in [5, 5.41) is 3.63. The van der Waals surface area contributed by atoms with Crippen LogP contribution in [-0.4, -0.2) is 7.11 Å². The van der Waals surface area contributed by atoms with Crippen molar-refractivity contribution < 1.29 is 4.74 Å². The van der Waals surface area contributed by atoms with Crippen LogP contribution in [0.5, 0.6) is 5.75 Å². The van der Waals surface area contributed by atoms with E-state index in [1.165, 1.54) is 33.5 Å². The second kappa shape index (κ2) is 5.55. The minimum absolute atomic E-state index is 0.415. The van der Waals surface area contributed by atoms with Crippen LogP contribution in [0, 0.1) is 0 Å². The van der Waals surface area contributed by atoms with Gasteiger partial charge in [0.15, 0.2) is 0 Å². The number of anilines is 1. The molecule has 0 amide bonds. The average Bonchev–Trinajstić information content (AvgIpc) is 2.80. The fraction of sp³-hybridized carbons (Fsp3) is 0.333. The summed E-state index contributed by atoms with van der Waals surface area (Å²) in [7, 11) is 1.70. The third-order valence-corrected chi connectivity index (χ3v) is 5.21. The van der Waals surface area contributed by atoms with Gasteiger partial charge in [-0.1, -0.05) is 6.07 Å². The molecular weight excluding hydrogens is 322 g/mol. The smallest absolute Gasteiger partial charge is 0.120 e. The van der Waals surface area contributed by atoms with Gasteiger partial charge in [-0.3, -0.25) is 0 Å². The first-order valence-electron chi connectivity index (χ1n) is 6.45. The zero-order valence-corrected chi connectivity index (χ0v) is 13.2. The van der Waals surface area contributed by atoms with Gasteiger partial charge in [-0.25, -0.2) is 0 Å². The van der Waals surface area contributed by atoms with Gasteiger partial charge in [-0.15, -0.1) is 11.3 Å². The maximum Gasteiger partial charge on any atom is 0.120 e. The van der Waals surface area contributed by atoms with Crippen LogP contribution >= 0.6 is 27.3 Å². The molecule has 1 N–H and O–H groups in total. The van der Waals surface area contributed by atoms with Gasteiger partial charge in [-0.2, -0.15) is 0 Å². The molecule has 1 aromatic carbocycles. The van der Waals surface area contributed by atoms with Gasteiger partial charge in [-0.05, 0) is 59.0 Å². The highest BCUT2D eigenvalue weighted by Crippen LogP contribution is 2.39. The number of hydrogen-bond acceptors (Lipinski definition) is 3. The first-order chi connectivity index (χ1) is 9.26. The molecule has 1 heterocycles. The number of fused-ring (bicyclic) bond motifs is 1. The summed E-state index contributed by atoms with van der Waals surface area (Å²) in [6.45, 7) is 0. The minimum atomic E-state index is 0.415. The summed E-state index contributed by atoms with van der Waals surface area (Å²) in [5.74, 6) is 0.896. The Balaban J connectivity index is 1.83. The van der Waals surface area contributed by atoms with Gasteiger partial charge >= 0.3 is 0 Å². The molecule has 0 bridgehead atoms. The lowest BCUT2D eigenvalue weighted by Crippen LogP contribution is -2.15. The van der Waals surface area contributed by atoms with Crippen LogP contribution in [0.4, 0.5) is 5.69 Å². The molecule has 3 rings (SSSR count). The predicted octanol–water partition coefficient (Wildman–Crippen LogP) is 5.01. The molecule has 0 spiro atoms. The van der Waals surface area contributed by atoms with Gasteiger partial charge < -0.3 is 10.1 Å². The predicted molar refractivity (Wildman–Crippen MR) is 84.3 cm³/mol. The highest BCUT2D eigenvalue weighted by molar-refractivity contribution is 9.11. The van der Waals surface area contributed by atoms with Crippen molar-refractivity contribution >= 4 is 33.0 Å². The van der Waals surface area contributed by atoms with Crippen molar-refractivity contribution in [1.82, 2.24) is 0 Å². The maximum absolute atomic E-state index is 5.27. The van der Waals surface area contributed by atoms with Crippen LogP contribution in [0.3, 0.4) is 0 Å². The second-order valence-corrected chi connectivity index (χ2v) is 7.27. The third-order valence-electron chi connectivity index (χ3n) is 3.49. The SMILES string of the molecule is COc1cccc(NC2CCCc3sc(Br)cc32)c1. The van der Waals surface area contributed by atoms with Crippen molar-refractivity contribution in [2.24, 2.45) is 0 Å². The number of ether oxygens (including phenoxy) is 1. The zero-order chi connectivity index (χ0) is 13.2. The molecule has 2 nitrogen and oxygen atoms in total. The average molecular weight is 338 g/mol. The minimum Gasteiger partial charge on any atom is -0.497 e. The normalized spacial score (nSPS) is 17.9. The summed E-state index contributed by atoms with van der Waals surface area (Å²) < 4.78 is 6.51. The Morgan fingerprint density at radius 2 is 2.26 bits per heavy atom. The highest BCUT2D eigenvalue weighted by Gasteiger charge is 2.22. The number of thiophene rings is 1. The molecule has 1 atom stereocenters. The molecule has 4 heteroatoms. The van der Waals surface area contributed by atoms with Crippen LogP contribution in [-0.2, 0) is 6.42 Å². The Labute approximate surface area is 125 Å². The van der Waals surface area contributed by atoms with E-state index in [9.17, 15) is 0 Å². The molecule has 1 aromatic heterocycles. The lowest BCUT2D eigenvalue weighted by atomic mass is 9.94. The lowest BCUT2D eigenvalue weighted by Gasteiger charge is -2.24. The number of nitrogens with one attached hydrogen (secondary N) is 1. The second-order valence-electron chi connectivity index (χ2n) is 4.75. The van der Waals surface area contributed by atoms with E-state index < -0.39 is 0 Å². The van der Waals surface area contributed by atoms with Crippen LogP contribution in [0.15, 0.2) is 34.1 Å². The van der Waals surface area contributed by atoms with E-state index in [0.717, 1.165) is 11.4 Å². The topological polar surface area (TPSA) is 21.3 Å². The third kappa shape index (κ3) is 2.79. The van der Waals surface area contributed by atoms with E-state index in [0.29, 0.717) is 6.04 Å². The monoisotopic (exact) mass is 337 g/mol. The Bertz CT molecular complexity index is 581. The van der Waals surface area contributed by atoms with Crippen LogP contribution < -0.4 is 10.1 Å².